The molecule has 10 rings (SSSR count). The molecule has 0 saturated carbocycles. The summed E-state index contributed by atoms with van der Waals surface area (Å²) < 4.78 is 7.04. The van der Waals surface area contributed by atoms with Crippen LogP contribution < -0.4 is 0 Å². The van der Waals surface area contributed by atoms with Crippen LogP contribution >= 0.6 is 0 Å². The molecule has 0 atom stereocenters. The fourth-order valence-corrected chi connectivity index (χ4v) is 8.69. The van der Waals surface area contributed by atoms with Gasteiger partial charge in [-0.15, -0.1) is 0 Å². The standard InChI is InChI=1S/C49H38O/c1-6-29-24-35(25-32-18-16-30-11-7-10-28(2)43(30)44(29)32)37-12-8-14-41-42-15-9-13-40(48(42)50-47(37)41)38-22-20-31-17-19-33-26-36(49(3,4)5)27-34-21-23-39(38)46(31)45(33)34/h7-27H,6H2,1-5H3. The van der Waals surface area contributed by atoms with Gasteiger partial charge in [0.2, 0.25) is 0 Å². The summed E-state index contributed by atoms with van der Waals surface area (Å²) in [5.74, 6) is 0. The Morgan fingerprint density at radius 2 is 1.08 bits per heavy atom. The van der Waals surface area contributed by atoms with E-state index in [9.17, 15) is 0 Å². The largest absolute Gasteiger partial charge is 0.455 e. The zero-order valence-electron chi connectivity index (χ0n) is 29.2. The van der Waals surface area contributed by atoms with E-state index in [0.717, 1.165) is 39.5 Å². The average Bonchev–Trinajstić information content (AvgIpc) is 3.52. The number of rotatable bonds is 3. The van der Waals surface area contributed by atoms with Gasteiger partial charge in [-0.3, -0.25) is 0 Å². The van der Waals surface area contributed by atoms with E-state index in [0.29, 0.717) is 0 Å². The minimum atomic E-state index is 0.0871. The summed E-state index contributed by atoms with van der Waals surface area (Å²) in [6.07, 6.45) is 0.963. The summed E-state index contributed by atoms with van der Waals surface area (Å²) in [5.41, 5.74) is 10.7. The topological polar surface area (TPSA) is 13.1 Å². The van der Waals surface area contributed by atoms with Crippen molar-refractivity contribution in [3.8, 4) is 22.3 Å². The number of furan rings is 1. The number of para-hydroxylation sites is 2. The van der Waals surface area contributed by atoms with Gasteiger partial charge >= 0.3 is 0 Å². The van der Waals surface area contributed by atoms with Gasteiger partial charge in [-0.05, 0) is 107 Å². The molecule has 1 nitrogen and oxygen atoms in total. The van der Waals surface area contributed by atoms with Crippen molar-refractivity contribution in [2.45, 2.75) is 46.5 Å². The van der Waals surface area contributed by atoms with E-state index in [4.69, 9.17) is 4.42 Å². The maximum Gasteiger partial charge on any atom is 0.143 e. The number of aryl methyl sites for hydroxylation is 2. The quantitative estimate of drug-likeness (QED) is 0.175. The Kier molecular flexibility index (Phi) is 6.10. The highest BCUT2D eigenvalue weighted by Crippen LogP contribution is 2.45. The van der Waals surface area contributed by atoms with Gasteiger partial charge < -0.3 is 4.42 Å². The molecule has 0 unspecified atom stereocenters. The van der Waals surface area contributed by atoms with Crippen LogP contribution in [0.25, 0.3) is 98.1 Å². The summed E-state index contributed by atoms with van der Waals surface area (Å²) in [7, 11) is 0. The van der Waals surface area contributed by atoms with Gasteiger partial charge in [0.05, 0.1) is 0 Å². The third kappa shape index (κ3) is 4.13. The molecule has 1 heterocycles. The molecular formula is C49H38O. The minimum absolute atomic E-state index is 0.0871. The molecule has 0 radical (unpaired) electrons. The van der Waals surface area contributed by atoms with Gasteiger partial charge in [0, 0.05) is 21.9 Å². The van der Waals surface area contributed by atoms with Crippen LogP contribution in [0.3, 0.4) is 0 Å². The fourth-order valence-electron chi connectivity index (χ4n) is 8.69. The van der Waals surface area contributed by atoms with Crippen LogP contribution in [0.1, 0.15) is 44.4 Å². The highest BCUT2D eigenvalue weighted by atomic mass is 16.3. The first-order valence-electron chi connectivity index (χ1n) is 17.9. The lowest BCUT2D eigenvalue weighted by molar-refractivity contribution is 0.591. The molecule has 0 aliphatic carbocycles. The lowest BCUT2D eigenvalue weighted by atomic mass is 9.82. The normalized spacial score (nSPS) is 12.6. The molecule has 0 saturated heterocycles. The van der Waals surface area contributed by atoms with Gasteiger partial charge in [0.25, 0.3) is 0 Å². The van der Waals surface area contributed by atoms with E-state index < -0.39 is 0 Å². The molecule has 0 amide bonds. The molecule has 0 aliphatic rings. The molecule has 9 aromatic carbocycles. The molecular weight excluding hydrogens is 605 g/mol. The molecule has 0 aliphatic heterocycles. The van der Waals surface area contributed by atoms with E-state index in [2.05, 4.69) is 162 Å². The van der Waals surface area contributed by atoms with Crippen LogP contribution in [0.4, 0.5) is 0 Å². The Morgan fingerprint density at radius 1 is 0.480 bits per heavy atom. The summed E-state index contributed by atoms with van der Waals surface area (Å²) in [6.45, 7) is 11.4. The van der Waals surface area contributed by atoms with Gasteiger partial charge in [-0.2, -0.15) is 0 Å². The molecule has 240 valence electrons. The Balaban J connectivity index is 1.20. The van der Waals surface area contributed by atoms with Crippen LogP contribution in [-0.4, -0.2) is 0 Å². The molecule has 1 heteroatoms. The average molecular weight is 643 g/mol. The van der Waals surface area contributed by atoms with E-state index >= 15 is 0 Å². The van der Waals surface area contributed by atoms with Crippen molar-refractivity contribution in [3.63, 3.8) is 0 Å². The monoisotopic (exact) mass is 642 g/mol. The molecule has 50 heavy (non-hydrogen) atoms. The Bertz CT molecular complexity index is 2980. The van der Waals surface area contributed by atoms with Gasteiger partial charge in [0.1, 0.15) is 11.2 Å². The minimum Gasteiger partial charge on any atom is -0.455 e. The van der Waals surface area contributed by atoms with Crippen LogP contribution in [0.5, 0.6) is 0 Å². The smallest absolute Gasteiger partial charge is 0.143 e. The van der Waals surface area contributed by atoms with Crippen molar-refractivity contribution in [2.75, 3.05) is 0 Å². The van der Waals surface area contributed by atoms with Crippen molar-refractivity contribution in [2.24, 2.45) is 0 Å². The SMILES string of the molecule is CCc1cc(-c2cccc3c2oc2c(-c4ccc5ccc6cc(C(C)(C)C)cc7ccc4c5c67)cccc23)cc2ccc3cccc(C)c3c12. The lowest BCUT2D eigenvalue weighted by Gasteiger charge is -2.22. The van der Waals surface area contributed by atoms with Crippen molar-refractivity contribution >= 4 is 75.8 Å². The van der Waals surface area contributed by atoms with Crippen molar-refractivity contribution in [3.05, 3.63) is 144 Å². The molecule has 0 fully saturated rings. The predicted octanol–water partition coefficient (Wildman–Crippen LogP) is 14.3. The third-order valence-electron chi connectivity index (χ3n) is 11.2. The first-order valence-corrected chi connectivity index (χ1v) is 17.9. The predicted molar refractivity (Wildman–Crippen MR) is 216 cm³/mol. The van der Waals surface area contributed by atoms with Crippen molar-refractivity contribution in [1.82, 2.24) is 0 Å². The summed E-state index contributed by atoms with van der Waals surface area (Å²) in [6, 6.07) is 47.7. The van der Waals surface area contributed by atoms with E-state index in [1.165, 1.54) is 81.7 Å². The molecule has 10 aromatic rings. The third-order valence-corrected chi connectivity index (χ3v) is 11.2. The summed E-state index contributed by atoms with van der Waals surface area (Å²) in [4.78, 5) is 0. The van der Waals surface area contributed by atoms with Gasteiger partial charge in [0.15, 0.2) is 0 Å². The van der Waals surface area contributed by atoms with Gasteiger partial charge in [-0.1, -0.05) is 149 Å². The van der Waals surface area contributed by atoms with Crippen molar-refractivity contribution < 1.29 is 4.42 Å². The number of fused-ring (bicyclic) bond motifs is 6. The van der Waals surface area contributed by atoms with E-state index in [1.54, 1.807) is 0 Å². The highest BCUT2D eigenvalue weighted by molar-refractivity contribution is 6.27. The van der Waals surface area contributed by atoms with E-state index in [1.807, 2.05) is 0 Å². The van der Waals surface area contributed by atoms with Crippen LogP contribution in [0.2, 0.25) is 0 Å². The molecule has 0 spiro atoms. The van der Waals surface area contributed by atoms with Crippen molar-refractivity contribution in [1.29, 1.82) is 0 Å². The number of benzene rings is 9. The first-order chi connectivity index (χ1) is 24.3. The summed E-state index contributed by atoms with van der Waals surface area (Å²) in [5, 5.41) is 15.4. The maximum atomic E-state index is 7.04. The second-order valence-electron chi connectivity index (χ2n) is 15.2. The summed E-state index contributed by atoms with van der Waals surface area (Å²) >= 11 is 0. The Labute approximate surface area is 292 Å². The molecule has 0 bridgehead atoms. The Hall–Kier alpha value is -5.66. The molecule has 0 N–H and O–H groups in total. The highest BCUT2D eigenvalue weighted by Gasteiger charge is 2.21. The van der Waals surface area contributed by atoms with E-state index in [-0.39, 0.29) is 5.41 Å². The zero-order chi connectivity index (χ0) is 33.9. The van der Waals surface area contributed by atoms with Crippen LogP contribution in [0.15, 0.2) is 132 Å². The van der Waals surface area contributed by atoms with Crippen LogP contribution in [0, 0.1) is 6.92 Å². The Morgan fingerprint density at radius 3 is 1.80 bits per heavy atom. The fraction of sp³-hybridized carbons (Fsp3) is 0.143. The zero-order valence-corrected chi connectivity index (χ0v) is 29.2. The molecule has 1 aromatic heterocycles. The number of hydrogen-bond acceptors (Lipinski definition) is 1. The number of hydrogen-bond donors (Lipinski definition) is 0. The first kappa shape index (κ1) is 29.3. The van der Waals surface area contributed by atoms with Gasteiger partial charge in [-0.25, -0.2) is 0 Å². The second kappa shape index (κ2) is 10.4. The maximum absolute atomic E-state index is 7.04. The van der Waals surface area contributed by atoms with Crippen LogP contribution in [-0.2, 0) is 11.8 Å². The second-order valence-corrected chi connectivity index (χ2v) is 15.2. The lowest BCUT2D eigenvalue weighted by Crippen LogP contribution is -2.10.